The van der Waals surface area contributed by atoms with Crippen molar-refractivity contribution < 1.29 is 0 Å². The SMILES string of the molecule is C[C@@H](Cl)C(Cl)(Cl)Cl. The Morgan fingerprint density at radius 3 is 1.43 bits per heavy atom. The van der Waals surface area contributed by atoms with Crippen LogP contribution in [0.3, 0.4) is 0 Å². The molecule has 0 aliphatic heterocycles. The maximum atomic E-state index is 5.36. The minimum absolute atomic E-state index is 0.433. The standard InChI is InChI=1S/C3H4Cl4/c1-2(4)3(5,6)7/h2H,1H3/t2-/m1/s1. The molecule has 0 aromatic carbocycles. The first-order valence-electron chi connectivity index (χ1n) is 1.65. The van der Waals surface area contributed by atoms with Gasteiger partial charge < -0.3 is 0 Å². The zero-order valence-corrected chi connectivity index (χ0v) is 6.61. The Morgan fingerprint density at radius 2 is 1.43 bits per heavy atom. The number of hydrogen-bond donors (Lipinski definition) is 0. The summed E-state index contributed by atoms with van der Waals surface area (Å²) in [6.45, 7) is 1.62. The first-order valence-corrected chi connectivity index (χ1v) is 3.22. The molecule has 0 aliphatic rings. The van der Waals surface area contributed by atoms with Gasteiger partial charge in [-0.1, -0.05) is 34.8 Å². The molecule has 0 saturated heterocycles. The predicted octanol–water partition coefficient (Wildman–Crippen LogP) is 2.98. The van der Waals surface area contributed by atoms with E-state index in [0.717, 1.165) is 0 Å². The van der Waals surface area contributed by atoms with Gasteiger partial charge in [-0.15, -0.1) is 11.6 Å². The van der Waals surface area contributed by atoms with Crippen LogP contribution >= 0.6 is 46.4 Å². The van der Waals surface area contributed by atoms with Crippen LogP contribution in [0.2, 0.25) is 0 Å². The molecule has 0 nitrogen and oxygen atoms in total. The second-order valence-corrected chi connectivity index (χ2v) is 4.18. The zero-order valence-electron chi connectivity index (χ0n) is 3.59. The van der Waals surface area contributed by atoms with Crippen LogP contribution in [0, 0.1) is 0 Å². The van der Waals surface area contributed by atoms with Crippen molar-refractivity contribution in [2.75, 3.05) is 0 Å². The van der Waals surface area contributed by atoms with E-state index in [2.05, 4.69) is 0 Å². The van der Waals surface area contributed by atoms with Gasteiger partial charge in [0.1, 0.15) is 0 Å². The fourth-order valence-electron chi connectivity index (χ4n) is 0. The maximum absolute atomic E-state index is 5.36. The molecule has 0 aromatic heterocycles. The van der Waals surface area contributed by atoms with Crippen molar-refractivity contribution in [1.82, 2.24) is 0 Å². The summed E-state index contributed by atoms with van der Waals surface area (Å²) in [6.07, 6.45) is 0. The van der Waals surface area contributed by atoms with Gasteiger partial charge in [0.2, 0.25) is 3.79 Å². The van der Waals surface area contributed by atoms with Crippen molar-refractivity contribution >= 4 is 46.4 Å². The lowest BCUT2D eigenvalue weighted by Crippen LogP contribution is -2.14. The van der Waals surface area contributed by atoms with Gasteiger partial charge in [-0.2, -0.15) is 0 Å². The Hall–Kier alpha value is 1.16. The lowest BCUT2D eigenvalue weighted by atomic mass is 10.5. The highest BCUT2D eigenvalue weighted by atomic mass is 35.6. The monoisotopic (exact) mass is 180 g/mol. The van der Waals surface area contributed by atoms with E-state index in [4.69, 9.17) is 46.4 Å². The average Bonchev–Trinajstić information content (AvgIpc) is 1.31. The Kier molecular flexibility index (Phi) is 3.07. The van der Waals surface area contributed by atoms with Crippen molar-refractivity contribution in [3.8, 4) is 0 Å². The second kappa shape index (κ2) is 2.63. The van der Waals surface area contributed by atoms with Crippen LogP contribution in [0.15, 0.2) is 0 Å². The number of hydrogen-bond acceptors (Lipinski definition) is 0. The summed E-state index contributed by atoms with van der Waals surface area (Å²) in [5.41, 5.74) is 0. The fraction of sp³-hybridized carbons (Fsp3) is 1.00. The zero-order chi connectivity index (χ0) is 6.08. The highest BCUT2D eigenvalue weighted by Gasteiger charge is 2.25. The number of halogens is 4. The van der Waals surface area contributed by atoms with Crippen molar-refractivity contribution in [2.24, 2.45) is 0 Å². The molecule has 0 fully saturated rings. The Balaban J connectivity index is 3.54. The molecule has 0 amide bonds. The van der Waals surface area contributed by atoms with E-state index in [9.17, 15) is 0 Å². The van der Waals surface area contributed by atoms with Gasteiger partial charge >= 0.3 is 0 Å². The van der Waals surface area contributed by atoms with Crippen LogP contribution in [0.4, 0.5) is 0 Å². The minimum atomic E-state index is -1.32. The summed E-state index contributed by atoms with van der Waals surface area (Å²) in [7, 11) is 0. The molecule has 1 atom stereocenters. The van der Waals surface area contributed by atoms with E-state index in [0.29, 0.717) is 0 Å². The topological polar surface area (TPSA) is 0 Å². The van der Waals surface area contributed by atoms with Crippen LogP contribution in [0.25, 0.3) is 0 Å². The normalized spacial score (nSPS) is 16.7. The maximum Gasteiger partial charge on any atom is 0.206 e. The average molecular weight is 182 g/mol. The summed E-state index contributed by atoms with van der Waals surface area (Å²) in [6, 6.07) is 0. The molecule has 0 unspecified atom stereocenters. The van der Waals surface area contributed by atoms with Gasteiger partial charge in [0.15, 0.2) is 0 Å². The third-order valence-electron chi connectivity index (χ3n) is 0.451. The van der Waals surface area contributed by atoms with Crippen LogP contribution in [0.1, 0.15) is 6.92 Å². The van der Waals surface area contributed by atoms with Crippen molar-refractivity contribution in [3.05, 3.63) is 0 Å². The molecule has 0 spiro atoms. The minimum Gasteiger partial charge on any atom is -0.119 e. The van der Waals surface area contributed by atoms with E-state index in [1.807, 2.05) is 0 Å². The molecule has 0 heterocycles. The Morgan fingerprint density at radius 1 is 1.29 bits per heavy atom. The second-order valence-electron chi connectivity index (χ2n) is 1.16. The number of alkyl halides is 4. The van der Waals surface area contributed by atoms with Crippen LogP contribution in [-0.2, 0) is 0 Å². The van der Waals surface area contributed by atoms with Gasteiger partial charge in [-0.3, -0.25) is 0 Å². The van der Waals surface area contributed by atoms with Gasteiger partial charge in [0, 0.05) is 0 Å². The largest absolute Gasteiger partial charge is 0.206 e. The van der Waals surface area contributed by atoms with Crippen LogP contribution in [0.5, 0.6) is 0 Å². The van der Waals surface area contributed by atoms with E-state index in [-0.39, 0.29) is 0 Å². The highest BCUT2D eigenvalue weighted by Crippen LogP contribution is 2.32. The van der Waals surface area contributed by atoms with Gasteiger partial charge in [0.25, 0.3) is 0 Å². The summed E-state index contributed by atoms with van der Waals surface area (Å²) in [5, 5.41) is -0.433. The smallest absolute Gasteiger partial charge is 0.119 e. The third kappa shape index (κ3) is 3.72. The van der Waals surface area contributed by atoms with E-state index >= 15 is 0 Å². The molecule has 0 rings (SSSR count). The van der Waals surface area contributed by atoms with E-state index < -0.39 is 9.17 Å². The summed E-state index contributed by atoms with van der Waals surface area (Å²) in [5.74, 6) is 0. The quantitative estimate of drug-likeness (QED) is 0.505. The van der Waals surface area contributed by atoms with Crippen molar-refractivity contribution in [1.29, 1.82) is 0 Å². The van der Waals surface area contributed by atoms with Crippen molar-refractivity contribution in [2.45, 2.75) is 16.1 Å². The molecule has 44 valence electrons. The Labute approximate surface area is 62.7 Å². The van der Waals surface area contributed by atoms with Gasteiger partial charge in [-0.25, -0.2) is 0 Å². The number of rotatable bonds is 0. The predicted molar refractivity (Wildman–Crippen MR) is 35.6 cm³/mol. The summed E-state index contributed by atoms with van der Waals surface area (Å²) < 4.78 is -1.32. The first-order chi connectivity index (χ1) is 2.94. The molecule has 0 N–H and O–H groups in total. The summed E-state index contributed by atoms with van der Waals surface area (Å²) in [4.78, 5) is 0. The molecule has 7 heavy (non-hydrogen) atoms. The third-order valence-corrected chi connectivity index (χ3v) is 2.10. The van der Waals surface area contributed by atoms with Crippen molar-refractivity contribution in [3.63, 3.8) is 0 Å². The molecule has 4 heteroatoms. The summed E-state index contributed by atoms with van der Waals surface area (Å²) >= 11 is 21.2. The molecule has 0 bridgehead atoms. The van der Waals surface area contributed by atoms with E-state index in [1.54, 1.807) is 6.92 Å². The lowest BCUT2D eigenvalue weighted by molar-refractivity contribution is 0.984. The molecular weight excluding hydrogens is 178 g/mol. The van der Waals surface area contributed by atoms with Gasteiger partial charge in [-0.05, 0) is 6.92 Å². The first kappa shape index (κ1) is 8.16. The molecule has 0 radical (unpaired) electrons. The molecule has 0 aliphatic carbocycles. The Bertz CT molecular complexity index is 52.4. The molecule has 0 aromatic rings. The highest BCUT2D eigenvalue weighted by molar-refractivity contribution is 6.70. The fourth-order valence-corrected chi connectivity index (χ4v) is 0. The van der Waals surface area contributed by atoms with E-state index in [1.165, 1.54) is 0 Å². The molecular formula is C3H4Cl4. The van der Waals surface area contributed by atoms with Crippen LogP contribution < -0.4 is 0 Å². The molecule has 0 saturated carbocycles. The lowest BCUT2D eigenvalue weighted by Gasteiger charge is -2.11. The van der Waals surface area contributed by atoms with Crippen LogP contribution in [-0.4, -0.2) is 9.17 Å². The van der Waals surface area contributed by atoms with Gasteiger partial charge in [0.05, 0.1) is 5.38 Å².